The third-order valence-corrected chi connectivity index (χ3v) is 0.312. The van der Waals surface area contributed by atoms with Gasteiger partial charge in [-0.05, 0) is 6.58 Å². The van der Waals surface area contributed by atoms with Crippen molar-refractivity contribution < 1.29 is 18.7 Å². The number of carbonyl (C=O) groups excluding carboxylic acids is 1. The van der Waals surface area contributed by atoms with E-state index in [0.717, 1.165) is 0 Å². The van der Waals surface area contributed by atoms with E-state index in [1.54, 1.807) is 0 Å². The maximum atomic E-state index is 11.0. The molecule has 0 amide bonds. The van der Waals surface area contributed by atoms with Crippen molar-refractivity contribution in [3.8, 4) is 0 Å². The van der Waals surface area contributed by atoms with Gasteiger partial charge < -0.3 is 0 Å². The molecule has 0 aromatic rings. The third kappa shape index (κ3) is 1.86. The van der Waals surface area contributed by atoms with Gasteiger partial charge in [0.25, 0.3) is 0 Å². The van der Waals surface area contributed by atoms with Crippen LogP contribution in [-0.4, -0.2) is 6.04 Å². The summed E-state index contributed by atoms with van der Waals surface area (Å²) in [5.74, 6) is -1.12. The Bertz CT molecular complexity index is 99.1. The second-order valence-corrected chi connectivity index (χ2v) is 0.774. The van der Waals surface area contributed by atoms with Crippen LogP contribution >= 0.6 is 0 Å². The van der Waals surface area contributed by atoms with Gasteiger partial charge in [-0.25, -0.2) is 0 Å². The van der Waals surface area contributed by atoms with Gasteiger partial charge in [0.05, 0.1) is 0 Å². The molecule has 7 heavy (non-hydrogen) atoms. The summed E-state index contributed by atoms with van der Waals surface area (Å²) in [6.45, 7) is 2.55. The molecule has 0 rings (SSSR count). The Labute approximate surface area is 38.3 Å². The van der Waals surface area contributed by atoms with Crippen molar-refractivity contribution in [2.75, 3.05) is 0 Å². The fourth-order valence-electron chi connectivity index (χ4n) is 0.0303. The Hall–Kier alpha value is -0.930. The Morgan fingerprint density at radius 2 is 2.14 bits per heavy atom. The number of rotatable bonds is 2. The van der Waals surface area contributed by atoms with E-state index in [-0.39, 0.29) is 0 Å². The van der Waals surface area contributed by atoms with Gasteiger partial charge in [0.15, 0.2) is 0 Å². The van der Waals surface area contributed by atoms with Crippen LogP contribution in [-0.2, 0) is 9.74 Å². The molecule has 2 nitrogen and oxygen atoms in total. The van der Waals surface area contributed by atoms with E-state index in [0.29, 0.717) is 0 Å². The monoisotopic (exact) mass is 108 g/mol. The zero-order valence-electron chi connectivity index (χ0n) is 3.28. The van der Waals surface area contributed by atoms with Crippen LogP contribution in [0.4, 0.5) is 8.92 Å². The fraction of sp³-hybridized carbons (Fsp3) is 0. The van der Waals surface area contributed by atoms with E-state index in [1.807, 2.05) is 0 Å². The Morgan fingerprint density at radius 1 is 1.71 bits per heavy atom. The molecule has 0 aliphatic heterocycles. The van der Waals surface area contributed by atoms with Crippen LogP contribution in [0.1, 0.15) is 0 Å². The largest absolute Gasteiger partial charge is 0.370 e. The molecule has 0 spiro atoms. The quantitative estimate of drug-likeness (QED) is 0.298. The van der Waals surface area contributed by atoms with Crippen molar-refractivity contribution in [3.63, 3.8) is 0 Å². The summed E-state index contributed by atoms with van der Waals surface area (Å²) < 4.78 is 21.6. The number of hydrogen-bond acceptors (Lipinski definition) is 2. The predicted molar refractivity (Wildman–Crippen MR) is 17.4 cm³/mol. The van der Waals surface area contributed by atoms with Crippen LogP contribution in [0.15, 0.2) is 12.3 Å². The minimum Gasteiger partial charge on any atom is -0.288 e. The Morgan fingerprint density at radius 3 is 2.14 bits per heavy atom. The molecule has 0 bridgehead atoms. The van der Waals surface area contributed by atoms with Gasteiger partial charge in [-0.2, -0.15) is 4.39 Å². The lowest BCUT2D eigenvalue weighted by molar-refractivity contribution is -0.142. The van der Waals surface area contributed by atoms with Crippen LogP contribution in [0.25, 0.3) is 0 Å². The van der Waals surface area contributed by atoms with Crippen molar-refractivity contribution >= 4 is 6.04 Å². The standard InChI is InChI=1S/C3H2F2O2/c1-2(7-5)3(4)6/h1H2. The van der Waals surface area contributed by atoms with Crippen molar-refractivity contribution in [1.29, 1.82) is 0 Å². The van der Waals surface area contributed by atoms with Gasteiger partial charge in [0.1, 0.15) is 0 Å². The smallest absolute Gasteiger partial charge is 0.288 e. The number of allylic oxidation sites excluding steroid dienone is 1. The average molecular weight is 108 g/mol. The van der Waals surface area contributed by atoms with Crippen molar-refractivity contribution in [3.05, 3.63) is 12.3 Å². The minimum absolute atomic E-state index is 1.12. The third-order valence-electron chi connectivity index (χ3n) is 0.312. The summed E-state index contributed by atoms with van der Waals surface area (Å²) in [6, 6.07) is -2.00. The normalized spacial score (nSPS) is 7.71. The molecular formula is C3H2F2O2. The zero-order valence-corrected chi connectivity index (χ0v) is 3.28. The summed E-state index contributed by atoms with van der Waals surface area (Å²) in [5, 5.41) is 0. The molecule has 0 atom stereocenters. The van der Waals surface area contributed by atoms with Crippen LogP contribution in [0.2, 0.25) is 0 Å². The topological polar surface area (TPSA) is 26.3 Å². The minimum atomic E-state index is -2.00. The first-order valence-electron chi connectivity index (χ1n) is 1.36. The maximum absolute atomic E-state index is 11.0. The Kier molecular flexibility index (Phi) is 1.98. The summed E-state index contributed by atoms with van der Waals surface area (Å²) in [6.07, 6.45) is 0. The highest BCUT2D eigenvalue weighted by Crippen LogP contribution is 1.94. The molecule has 0 N–H and O–H groups in total. The lowest BCUT2D eigenvalue weighted by Crippen LogP contribution is -1.90. The first-order valence-corrected chi connectivity index (χ1v) is 1.36. The molecule has 0 saturated heterocycles. The predicted octanol–water partition coefficient (Wildman–Crippen LogP) is 0.897. The molecule has 0 aliphatic rings. The number of hydrogen-bond donors (Lipinski definition) is 0. The molecule has 0 aromatic heterocycles. The first-order chi connectivity index (χ1) is 3.18. The van der Waals surface area contributed by atoms with Gasteiger partial charge >= 0.3 is 6.04 Å². The van der Waals surface area contributed by atoms with Gasteiger partial charge in [0.2, 0.25) is 5.76 Å². The summed E-state index contributed by atoms with van der Waals surface area (Å²) in [4.78, 5) is 11.8. The fourth-order valence-corrected chi connectivity index (χ4v) is 0.0303. The summed E-state index contributed by atoms with van der Waals surface area (Å²) >= 11 is 0. The molecule has 0 aliphatic carbocycles. The molecule has 40 valence electrons. The van der Waals surface area contributed by atoms with E-state index in [1.165, 1.54) is 0 Å². The first kappa shape index (κ1) is 6.07. The van der Waals surface area contributed by atoms with Crippen LogP contribution < -0.4 is 0 Å². The van der Waals surface area contributed by atoms with Crippen LogP contribution in [0.5, 0.6) is 0 Å². The molecule has 4 heteroatoms. The molecule has 0 fully saturated rings. The van der Waals surface area contributed by atoms with Gasteiger partial charge in [-0.3, -0.25) is 9.74 Å². The van der Waals surface area contributed by atoms with Gasteiger partial charge in [0, 0.05) is 4.53 Å². The lowest BCUT2D eigenvalue weighted by atomic mass is 10.6. The Balaban J connectivity index is 3.58. The highest BCUT2D eigenvalue weighted by atomic mass is 19.3. The zero-order chi connectivity index (χ0) is 5.86. The number of halogens is 2. The van der Waals surface area contributed by atoms with E-state index < -0.39 is 11.8 Å². The van der Waals surface area contributed by atoms with E-state index in [9.17, 15) is 13.7 Å². The molecule has 0 heterocycles. The van der Waals surface area contributed by atoms with E-state index in [2.05, 4.69) is 11.5 Å². The van der Waals surface area contributed by atoms with Crippen LogP contribution in [0.3, 0.4) is 0 Å². The van der Waals surface area contributed by atoms with E-state index >= 15 is 0 Å². The molecule has 0 radical (unpaired) electrons. The summed E-state index contributed by atoms with van der Waals surface area (Å²) in [5.41, 5.74) is 0. The molecular weight excluding hydrogens is 106 g/mol. The second kappa shape index (κ2) is 2.28. The number of carbonyl (C=O) groups is 1. The second-order valence-electron chi connectivity index (χ2n) is 0.774. The van der Waals surface area contributed by atoms with Gasteiger partial charge in [-0.1, -0.05) is 0 Å². The highest BCUT2D eigenvalue weighted by molar-refractivity contribution is 5.84. The lowest BCUT2D eigenvalue weighted by Gasteiger charge is -1.83. The molecule has 0 saturated carbocycles. The van der Waals surface area contributed by atoms with Gasteiger partial charge in [-0.15, -0.1) is 0 Å². The van der Waals surface area contributed by atoms with E-state index in [4.69, 9.17) is 0 Å². The van der Waals surface area contributed by atoms with Crippen LogP contribution in [0, 0.1) is 0 Å². The van der Waals surface area contributed by atoms with Crippen molar-refractivity contribution in [2.24, 2.45) is 0 Å². The molecule has 0 aromatic carbocycles. The SMILES string of the molecule is C=C(OF)C(=O)F. The highest BCUT2D eigenvalue weighted by Gasteiger charge is 2.04. The average Bonchev–Trinajstić information content (AvgIpc) is 1.65. The van der Waals surface area contributed by atoms with Crippen molar-refractivity contribution in [2.45, 2.75) is 0 Å². The van der Waals surface area contributed by atoms with Crippen molar-refractivity contribution in [1.82, 2.24) is 0 Å². The maximum Gasteiger partial charge on any atom is 0.370 e. The summed E-state index contributed by atoms with van der Waals surface area (Å²) in [7, 11) is 0. The molecule has 0 unspecified atom stereocenters.